The Balaban J connectivity index is 2.10. The Hall–Kier alpha value is -2.34. The highest BCUT2D eigenvalue weighted by molar-refractivity contribution is 5.99. The smallest absolute Gasteiger partial charge is 0.253 e. The van der Waals surface area contributed by atoms with Crippen molar-refractivity contribution in [1.29, 1.82) is 0 Å². The number of benzene rings is 1. The van der Waals surface area contributed by atoms with E-state index in [4.69, 9.17) is 5.84 Å². The molecule has 1 aromatic carbocycles. The van der Waals surface area contributed by atoms with Gasteiger partial charge < -0.3 is 10.7 Å². The van der Waals surface area contributed by atoms with E-state index in [1.54, 1.807) is 16.9 Å². The third-order valence-electron chi connectivity index (χ3n) is 2.93. The number of hydrazine groups is 1. The molecule has 6 heteroatoms. The largest absolute Gasteiger partial charge is 0.346 e. The number of amides is 1. The van der Waals surface area contributed by atoms with Gasteiger partial charge in [-0.2, -0.15) is 5.10 Å². The summed E-state index contributed by atoms with van der Waals surface area (Å²) in [7, 11) is 1.83. The summed E-state index contributed by atoms with van der Waals surface area (Å²) in [5.41, 5.74) is 5.65. The van der Waals surface area contributed by atoms with Crippen molar-refractivity contribution < 1.29 is 4.79 Å². The Kier molecular flexibility index (Phi) is 3.82. The summed E-state index contributed by atoms with van der Waals surface area (Å²) in [5.74, 6) is 5.26. The van der Waals surface area contributed by atoms with E-state index >= 15 is 0 Å². The van der Waals surface area contributed by atoms with Gasteiger partial charge in [0.1, 0.15) is 0 Å². The Morgan fingerprint density at radius 1 is 1.42 bits per heavy atom. The molecule has 0 aliphatic carbocycles. The van der Waals surface area contributed by atoms with Gasteiger partial charge >= 0.3 is 0 Å². The molecule has 0 saturated carbocycles. The fourth-order valence-electron chi connectivity index (χ4n) is 1.82. The van der Waals surface area contributed by atoms with Crippen LogP contribution in [-0.2, 0) is 13.6 Å². The van der Waals surface area contributed by atoms with Gasteiger partial charge in [-0.15, -0.1) is 0 Å². The first-order chi connectivity index (χ1) is 9.11. The molecule has 0 aliphatic rings. The lowest BCUT2D eigenvalue weighted by molar-refractivity contribution is 0.0951. The van der Waals surface area contributed by atoms with Gasteiger partial charge in [0.05, 0.1) is 23.5 Å². The number of anilines is 1. The van der Waals surface area contributed by atoms with Gasteiger partial charge in [-0.25, -0.2) is 0 Å². The minimum Gasteiger partial charge on any atom is -0.346 e. The van der Waals surface area contributed by atoms with E-state index in [0.717, 1.165) is 11.3 Å². The van der Waals surface area contributed by atoms with E-state index in [1.807, 2.05) is 32.2 Å². The zero-order valence-electron chi connectivity index (χ0n) is 11.0. The molecule has 1 amide bonds. The van der Waals surface area contributed by atoms with Gasteiger partial charge in [0.2, 0.25) is 0 Å². The molecule has 100 valence electrons. The molecule has 1 heterocycles. The number of nitrogen functional groups attached to an aromatic ring is 1. The number of nitrogens with zero attached hydrogens (tertiary/aromatic N) is 2. The Morgan fingerprint density at radius 3 is 2.84 bits per heavy atom. The predicted molar refractivity (Wildman–Crippen MR) is 73.4 cm³/mol. The van der Waals surface area contributed by atoms with Crippen LogP contribution in [0.1, 0.15) is 21.6 Å². The zero-order chi connectivity index (χ0) is 13.8. The van der Waals surface area contributed by atoms with E-state index in [-0.39, 0.29) is 5.91 Å². The molecule has 1 aromatic heterocycles. The maximum atomic E-state index is 12.1. The summed E-state index contributed by atoms with van der Waals surface area (Å²) in [6, 6.07) is 7.32. The van der Waals surface area contributed by atoms with Crippen LogP contribution in [0.5, 0.6) is 0 Å². The first kappa shape index (κ1) is 13.1. The van der Waals surface area contributed by atoms with Crippen LogP contribution in [0.25, 0.3) is 0 Å². The normalized spacial score (nSPS) is 10.3. The molecule has 0 atom stereocenters. The van der Waals surface area contributed by atoms with Crippen LogP contribution >= 0.6 is 0 Å². The van der Waals surface area contributed by atoms with Crippen LogP contribution in [-0.4, -0.2) is 15.7 Å². The number of hydrogen-bond acceptors (Lipinski definition) is 4. The third kappa shape index (κ3) is 2.92. The maximum Gasteiger partial charge on any atom is 0.253 e. The topological polar surface area (TPSA) is 85.0 Å². The molecule has 0 spiro atoms. The highest BCUT2D eigenvalue weighted by Crippen LogP contribution is 2.16. The van der Waals surface area contributed by atoms with Crippen molar-refractivity contribution in [2.24, 2.45) is 12.9 Å². The standard InChI is InChI=1S/C13H17N5O/c1-9-3-4-11(12(7-9)17-14)13(19)15-8-10-5-6-16-18(10)2/h3-7,17H,8,14H2,1-2H3,(H,15,19). The number of aryl methyl sites for hydroxylation is 2. The third-order valence-corrected chi connectivity index (χ3v) is 2.93. The molecule has 0 aliphatic heterocycles. The molecule has 2 aromatic rings. The van der Waals surface area contributed by atoms with E-state index in [9.17, 15) is 4.79 Å². The lowest BCUT2D eigenvalue weighted by atomic mass is 10.1. The van der Waals surface area contributed by atoms with Gasteiger partial charge in [0, 0.05) is 13.2 Å². The number of carbonyl (C=O) groups is 1. The number of carbonyl (C=O) groups excluding carboxylic acids is 1. The predicted octanol–water partition coefficient (Wildman–Crippen LogP) is 0.944. The molecule has 0 saturated heterocycles. The van der Waals surface area contributed by atoms with Crippen molar-refractivity contribution in [1.82, 2.24) is 15.1 Å². The van der Waals surface area contributed by atoms with E-state index in [2.05, 4.69) is 15.8 Å². The first-order valence-corrected chi connectivity index (χ1v) is 5.94. The number of rotatable bonds is 4. The summed E-state index contributed by atoms with van der Waals surface area (Å²) >= 11 is 0. The van der Waals surface area contributed by atoms with Gasteiger partial charge in [-0.3, -0.25) is 15.3 Å². The summed E-state index contributed by atoms with van der Waals surface area (Å²) in [6.07, 6.45) is 1.69. The Bertz CT molecular complexity index is 590. The second-order valence-corrected chi connectivity index (χ2v) is 4.32. The highest BCUT2D eigenvalue weighted by atomic mass is 16.1. The molecule has 6 nitrogen and oxygen atoms in total. The van der Waals surface area contributed by atoms with Gasteiger partial charge in [-0.1, -0.05) is 6.07 Å². The van der Waals surface area contributed by atoms with Crippen LogP contribution in [0.4, 0.5) is 5.69 Å². The molecule has 0 fully saturated rings. The molecule has 0 radical (unpaired) electrons. The molecule has 19 heavy (non-hydrogen) atoms. The van der Waals surface area contributed by atoms with E-state index in [1.165, 1.54) is 0 Å². The monoisotopic (exact) mass is 259 g/mol. The minimum absolute atomic E-state index is 0.172. The molecular formula is C13H17N5O. The van der Waals surface area contributed by atoms with E-state index < -0.39 is 0 Å². The fourth-order valence-corrected chi connectivity index (χ4v) is 1.82. The van der Waals surface area contributed by atoms with Crippen LogP contribution < -0.4 is 16.6 Å². The van der Waals surface area contributed by atoms with Gasteiger partial charge in [0.15, 0.2) is 0 Å². The number of nitrogens with one attached hydrogen (secondary N) is 2. The summed E-state index contributed by atoms with van der Waals surface area (Å²) in [4.78, 5) is 12.1. The van der Waals surface area contributed by atoms with Gasteiger partial charge in [-0.05, 0) is 30.7 Å². The van der Waals surface area contributed by atoms with Crippen LogP contribution in [0.3, 0.4) is 0 Å². The summed E-state index contributed by atoms with van der Waals surface area (Å²) in [6.45, 7) is 2.37. The molecule has 0 bridgehead atoms. The molecule has 0 unspecified atom stereocenters. The maximum absolute atomic E-state index is 12.1. The van der Waals surface area contributed by atoms with Gasteiger partial charge in [0.25, 0.3) is 5.91 Å². The summed E-state index contributed by atoms with van der Waals surface area (Å²) < 4.78 is 1.72. The van der Waals surface area contributed by atoms with Crippen molar-refractivity contribution >= 4 is 11.6 Å². The quantitative estimate of drug-likeness (QED) is 0.563. The summed E-state index contributed by atoms with van der Waals surface area (Å²) in [5, 5.41) is 6.89. The number of hydrogen-bond donors (Lipinski definition) is 3. The Morgan fingerprint density at radius 2 is 2.21 bits per heavy atom. The average Bonchev–Trinajstić information content (AvgIpc) is 2.81. The minimum atomic E-state index is -0.172. The second-order valence-electron chi connectivity index (χ2n) is 4.32. The molecular weight excluding hydrogens is 242 g/mol. The SMILES string of the molecule is Cc1ccc(C(=O)NCc2ccnn2C)c(NN)c1. The van der Waals surface area contributed by atoms with Crippen LogP contribution in [0.15, 0.2) is 30.5 Å². The highest BCUT2D eigenvalue weighted by Gasteiger charge is 2.11. The first-order valence-electron chi connectivity index (χ1n) is 5.94. The van der Waals surface area contributed by atoms with Crippen LogP contribution in [0.2, 0.25) is 0 Å². The second kappa shape index (κ2) is 5.53. The van der Waals surface area contributed by atoms with E-state index in [0.29, 0.717) is 17.8 Å². The Labute approximate surface area is 111 Å². The van der Waals surface area contributed by atoms with Crippen molar-refractivity contribution in [2.45, 2.75) is 13.5 Å². The van der Waals surface area contributed by atoms with Crippen molar-refractivity contribution in [3.05, 3.63) is 47.3 Å². The van der Waals surface area contributed by atoms with Crippen LogP contribution in [0, 0.1) is 6.92 Å². The molecule has 2 rings (SSSR count). The van der Waals surface area contributed by atoms with Crippen molar-refractivity contribution in [3.63, 3.8) is 0 Å². The van der Waals surface area contributed by atoms with Crippen molar-refractivity contribution in [2.75, 3.05) is 5.43 Å². The number of aromatic nitrogens is 2. The molecule has 4 N–H and O–H groups in total. The zero-order valence-corrected chi connectivity index (χ0v) is 11.0. The lowest BCUT2D eigenvalue weighted by Gasteiger charge is -2.10. The fraction of sp³-hybridized carbons (Fsp3) is 0.231. The number of nitrogens with two attached hydrogens (primary N) is 1. The van der Waals surface area contributed by atoms with Crippen molar-refractivity contribution in [3.8, 4) is 0 Å². The average molecular weight is 259 g/mol. The lowest BCUT2D eigenvalue weighted by Crippen LogP contribution is -2.25.